The van der Waals surface area contributed by atoms with Crippen LogP contribution in [0.25, 0.3) is 0 Å². The molecule has 2 rings (SSSR count). The highest BCUT2D eigenvalue weighted by Crippen LogP contribution is 2.15. The lowest BCUT2D eigenvalue weighted by molar-refractivity contribution is -0.120. The zero-order valence-corrected chi connectivity index (χ0v) is 14.4. The smallest absolute Gasteiger partial charge is 0.224 e. The number of hydrogen-bond donors (Lipinski definition) is 2. The van der Waals surface area contributed by atoms with Crippen molar-refractivity contribution in [3.8, 4) is 5.75 Å². The van der Waals surface area contributed by atoms with Crippen LogP contribution >= 0.6 is 0 Å². The molecular weight excluding hydrogens is 345 g/mol. The SMILES string of the molecule is COc1ccc(CC(=O)NCC[C@H](N)Cc2cc(F)c(F)cc2F)cc1. The topological polar surface area (TPSA) is 64.3 Å². The van der Waals surface area contributed by atoms with Crippen molar-refractivity contribution in [3.63, 3.8) is 0 Å². The fourth-order valence-corrected chi connectivity index (χ4v) is 2.49. The van der Waals surface area contributed by atoms with E-state index in [0.29, 0.717) is 24.8 Å². The molecule has 1 amide bonds. The Morgan fingerprint density at radius 3 is 2.42 bits per heavy atom. The minimum atomic E-state index is -1.23. The maximum Gasteiger partial charge on any atom is 0.224 e. The quantitative estimate of drug-likeness (QED) is 0.706. The Labute approximate surface area is 150 Å². The molecule has 0 radical (unpaired) electrons. The number of ether oxygens (including phenoxy) is 1. The van der Waals surface area contributed by atoms with E-state index in [-0.39, 0.29) is 24.3 Å². The lowest BCUT2D eigenvalue weighted by Gasteiger charge is -2.13. The lowest BCUT2D eigenvalue weighted by Crippen LogP contribution is -2.32. The van der Waals surface area contributed by atoms with Crippen LogP contribution in [-0.4, -0.2) is 25.6 Å². The second-order valence-corrected chi connectivity index (χ2v) is 5.99. The molecule has 2 aromatic rings. The molecule has 140 valence electrons. The first kappa shape index (κ1) is 19.8. The molecule has 0 spiro atoms. The summed E-state index contributed by atoms with van der Waals surface area (Å²) < 4.78 is 44.7. The molecule has 0 fully saturated rings. The molecule has 4 nitrogen and oxygen atoms in total. The summed E-state index contributed by atoms with van der Waals surface area (Å²) in [4.78, 5) is 11.9. The van der Waals surface area contributed by atoms with E-state index in [1.54, 1.807) is 31.4 Å². The minimum Gasteiger partial charge on any atom is -0.497 e. The van der Waals surface area contributed by atoms with E-state index in [4.69, 9.17) is 10.5 Å². The summed E-state index contributed by atoms with van der Waals surface area (Å²) >= 11 is 0. The van der Waals surface area contributed by atoms with E-state index in [0.717, 1.165) is 11.6 Å². The average Bonchev–Trinajstić information content (AvgIpc) is 2.60. The van der Waals surface area contributed by atoms with Crippen molar-refractivity contribution in [1.82, 2.24) is 5.32 Å². The van der Waals surface area contributed by atoms with Crippen molar-refractivity contribution in [2.75, 3.05) is 13.7 Å². The third-order valence-corrected chi connectivity index (χ3v) is 3.93. The molecule has 0 saturated carbocycles. The molecule has 2 aromatic carbocycles. The Morgan fingerprint density at radius 1 is 1.12 bits per heavy atom. The highest BCUT2D eigenvalue weighted by atomic mass is 19.2. The molecule has 0 saturated heterocycles. The predicted octanol–water partition coefficient (Wildman–Crippen LogP) is 2.73. The summed E-state index contributed by atoms with van der Waals surface area (Å²) in [5.74, 6) is -2.62. The van der Waals surface area contributed by atoms with E-state index >= 15 is 0 Å². The molecule has 0 aromatic heterocycles. The van der Waals surface area contributed by atoms with Gasteiger partial charge in [0, 0.05) is 18.7 Å². The van der Waals surface area contributed by atoms with E-state index in [2.05, 4.69) is 5.32 Å². The van der Waals surface area contributed by atoms with Crippen molar-refractivity contribution in [3.05, 3.63) is 65.0 Å². The number of methoxy groups -OCH3 is 1. The maximum absolute atomic E-state index is 13.6. The summed E-state index contributed by atoms with van der Waals surface area (Å²) in [6, 6.07) is 7.98. The number of nitrogens with one attached hydrogen (secondary N) is 1. The monoisotopic (exact) mass is 366 g/mol. The first-order valence-electron chi connectivity index (χ1n) is 8.17. The lowest BCUT2D eigenvalue weighted by atomic mass is 10.0. The van der Waals surface area contributed by atoms with Gasteiger partial charge in [-0.2, -0.15) is 0 Å². The number of hydrogen-bond acceptors (Lipinski definition) is 3. The van der Waals surface area contributed by atoms with Crippen molar-refractivity contribution in [1.29, 1.82) is 0 Å². The standard InChI is InChI=1S/C19H21F3N2O2/c1-26-15-4-2-12(3-5-15)8-19(25)24-7-6-14(23)9-13-10-17(21)18(22)11-16(13)20/h2-5,10-11,14H,6-9,23H2,1H3,(H,24,25)/t14-/m0/s1. The largest absolute Gasteiger partial charge is 0.497 e. The number of rotatable bonds is 8. The van der Waals surface area contributed by atoms with Gasteiger partial charge in [-0.3, -0.25) is 4.79 Å². The summed E-state index contributed by atoms with van der Waals surface area (Å²) in [6.45, 7) is 0.307. The zero-order valence-electron chi connectivity index (χ0n) is 14.4. The Bertz CT molecular complexity index is 751. The van der Waals surface area contributed by atoms with Crippen molar-refractivity contribution in [2.45, 2.75) is 25.3 Å². The van der Waals surface area contributed by atoms with Crippen LogP contribution in [0.5, 0.6) is 5.75 Å². The van der Waals surface area contributed by atoms with E-state index in [9.17, 15) is 18.0 Å². The third kappa shape index (κ3) is 5.77. The van der Waals surface area contributed by atoms with Gasteiger partial charge in [-0.05, 0) is 42.2 Å². The number of nitrogens with two attached hydrogens (primary N) is 1. The van der Waals surface area contributed by atoms with Gasteiger partial charge >= 0.3 is 0 Å². The van der Waals surface area contributed by atoms with Gasteiger partial charge in [0.1, 0.15) is 11.6 Å². The average molecular weight is 366 g/mol. The van der Waals surface area contributed by atoms with Crippen LogP contribution in [0.1, 0.15) is 17.5 Å². The number of carbonyl (C=O) groups is 1. The number of amides is 1. The number of carbonyl (C=O) groups excluding carboxylic acids is 1. The Balaban J connectivity index is 1.76. The minimum absolute atomic E-state index is 0.0148. The Hall–Kier alpha value is -2.54. The maximum atomic E-state index is 13.6. The number of benzene rings is 2. The molecule has 0 heterocycles. The van der Waals surface area contributed by atoms with Gasteiger partial charge in [0.25, 0.3) is 0 Å². The van der Waals surface area contributed by atoms with Crippen LogP contribution in [0.3, 0.4) is 0 Å². The van der Waals surface area contributed by atoms with Crippen molar-refractivity contribution >= 4 is 5.91 Å². The summed E-state index contributed by atoms with van der Waals surface area (Å²) in [7, 11) is 1.57. The molecule has 0 aliphatic rings. The molecule has 0 aliphatic carbocycles. The van der Waals surface area contributed by atoms with Crippen LogP contribution < -0.4 is 15.8 Å². The molecule has 7 heteroatoms. The second-order valence-electron chi connectivity index (χ2n) is 5.99. The summed E-state index contributed by atoms with van der Waals surface area (Å²) in [5, 5.41) is 2.73. The zero-order chi connectivity index (χ0) is 19.1. The van der Waals surface area contributed by atoms with Crippen LogP contribution in [0.4, 0.5) is 13.2 Å². The summed E-state index contributed by atoms with van der Waals surface area (Å²) in [6.07, 6.45) is 0.654. The first-order valence-corrected chi connectivity index (χ1v) is 8.17. The molecule has 1 atom stereocenters. The highest BCUT2D eigenvalue weighted by molar-refractivity contribution is 5.78. The molecular formula is C19H21F3N2O2. The van der Waals surface area contributed by atoms with E-state index in [1.165, 1.54) is 0 Å². The predicted molar refractivity (Wildman–Crippen MR) is 92.3 cm³/mol. The van der Waals surface area contributed by atoms with Gasteiger partial charge < -0.3 is 15.8 Å². The number of halogens is 3. The highest BCUT2D eigenvalue weighted by Gasteiger charge is 2.13. The molecule has 3 N–H and O–H groups in total. The van der Waals surface area contributed by atoms with Gasteiger partial charge in [0.15, 0.2) is 11.6 Å². The van der Waals surface area contributed by atoms with Gasteiger partial charge in [-0.15, -0.1) is 0 Å². The Morgan fingerprint density at radius 2 is 1.77 bits per heavy atom. The van der Waals surface area contributed by atoms with Gasteiger partial charge in [-0.1, -0.05) is 12.1 Å². The second kappa shape index (κ2) is 9.24. The van der Waals surface area contributed by atoms with Gasteiger partial charge in [0.2, 0.25) is 5.91 Å². The van der Waals surface area contributed by atoms with E-state index in [1.807, 2.05) is 0 Å². The van der Waals surface area contributed by atoms with Crippen LogP contribution in [0, 0.1) is 17.5 Å². The molecule has 26 heavy (non-hydrogen) atoms. The van der Waals surface area contributed by atoms with E-state index < -0.39 is 23.5 Å². The molecule has 0 bridgehead atoms. The third-order valence-electron chi connectivity index (χ3n) is 3.93. The van der Waals surface area contributed by atoms with Crippen LogP contribution in [-0.2, 0) is 17.6 Å². The molecule has 0 unspecified atom stereocenters. The fourth-order valence-electron chi connectivity index (χ4n) is 2.49. The van der Waals surface area contributed by atoms with Crippen LogP contribution in [0.2, 0.25) is 0 Å². The summed E-state index contributed by atoms with van der Waals surface area (Å²) in [5.41, 5.74) is 6.74. The fraction of sp³-hybridized carbons (Fsp3) is 0.316. The molecule has 0 aliphatic heterocycles. The normalized spacial score (nSPS) is 11.9. The first-order chi connectivity index (χ1) is 12.4. The van der Waals surface area contributed by atoms with Crippen molar-refractivity contribution in [2.24, 2.45) is 5.73 Å². The van der Waals surface area contributed by atoms with Crippen molar-refractivity contribution < 1.29 is 22.7 Å². The van der Waals surface area contributed by atoms with Crippen LogP contribution in [0.15, 0.2) is 36.4 Å². The van der Waals surface area contributed by atoms with Gasteiger partial charge in [0.05, 0.1) is 13.5 Å². The van der Waals surface area contributed by atoms with Gasteiger partial charge in [-0.25, -0.2) is 13.2 Å². The Kier molecular flexibility index (Phi) is 7.03.